The zero-order valence-electron chi connectivity index (χ0n) is 16.8. The van der Waals surface area contributed by atoms with Crippen molar-refractivity contribution in [3.63, 3.8) is 0 Å². The molecule has 0 atom stereocenters. The van der Waals surface area contributed by atoms with Crippen LogP contribution in [0.3, 0.4) is 0 Å². The van der Waals surface area contributed by atoms with E-state index in [-0.39, 0.29) is 12.5 Å². The maximum atomic E-state index is 12.7. The minimum absolute atomic E-state index is 0.0933. The molecule has 10 heteroatoms. The minimum Gasteiger partial charge on any atom is -0.349 e. The van der Waals surface area contributed by atoms with Crippen molar-refractivity contribution in [2.45, 2.75) is 44.3 Å². The highest BCUT2D eigenvalue weighted by Crippen LogP contribution is 2.37. The van der Waals surface area contributed by atoms with Gasteiger partial charge in [0, 0.05) is 23.8 Å². The van der Waals surface area contributed by atoms with E-state index in [4.69, 9.17) is 5.26 Å². The molecule has 0 aromatic carbocycles. The maximum Gasteiger partial charge on any atom is 0.401 e. The number of nitrogens with zero attached hydrogens (tertiary/aromatic N) is 4. The monoisotopic (exact) mass is 422 g/mol. The number of carbonyl (C=O) groups excluding carboxylic acids is 1. The van der Waals surface area contributed by atoms with E-state index in [2.05, 4.69) is 20.9 Å². The zero-order valence-corrected chi connectivity index (χ0v) is 16.8. The quantitative estimate of drug-likeness (QED) is 0.741. The standard InChI is InChI=1S/C17H19N5O.C3H6F3N/c18-7-9-21-11-22(12-4-2-1-3-5-12)15-13-6-8-19-16(13)20-10-14(15)17(21)23;1-7-2-3(4,5)6/h6,8,10,12H,1-5,9,11H2,(H,19,20);7H,2H2,1H3. The van der Waals surface area contributed by atoms with Crippen molar-refractivity contribution < 1.29 is 18.0 Å². The molecule has 2 N–H and O–H groups in total. The number of H-pyrrole nitrogens is 1. The summed E-state index contributed by atoms with van der Waals surface area (Å²) in [6.07, 6.45) is 5.47. The first kappa shape index (κ1) is 21.9. The molecular formula is C20H25F3N6O. The number of rotatable bonds is 3. The fraction of sp³-hybridized carbons (Fsp3) is 0.550. The van der Waals surface area contributed by atoms with Crippen LogP contribution in [-0.2, 0) is 0 Å². The fourth-order valence-electron chi connectivity index (χ4n) is 4.05. The van der Waals surface area contributed by atoms with Gasteiger partial charge in [0.05, 0.1) is 30.5 Å². The summed E-state index contributed by atoms with van der Waals surface area (Å²) >= 11 is 0. The topological polar surface area (TPSA) is 88.1 Å². The van der Waals surface area contributed by atoms with Crippen LogP contribution in [0.2, 0.25) is 0 Å². The van der Waals surface area contributed by atoms with Gasteiger partial charge in [0.2, 0.25) is 0 Å². The summed E-state index contributed by atoms with van der Waals surface area (Å²) in [6.45, 7) is -0.298. The van der Waals surface area contributed by atoms with Crippen LogP contribution in [0.25, 0.3) is 11.0 Å². The van der Waals surface area contributed by atoms with E-state index in [1.165, 1.54) is 26.3 Å². The summed E-state index contributed by atoms with van der Waals surface area (Å²) in [4.78, 5) is 24.1. The summed E-state index contributed by atoms with van der Waals surface area (Å²) in [5.41, 5.74) is 2.41. The van der Waals surface area contributed by atoms with Crippen molar-refractivity contribution in [1.29, 1.82) is 5.26 Å². The first-order valence-electron chi connectivity index (χ1n) is 9.96. The van der Waals surface area contributed by atoms with Crippen molar-refractivity contribution in [1.82, 2.24) is 20.2 Å². The second kappa shape index (κ2) is 9.34. The highest BCUT2D eigenvalue weighted by atomic mass is 19.4. The number of nitrogens with one attached hydrogen (secondary N) is 2. The molecule has 1 aliphatic carbocycles. The number of nitriles is 1. The summed E-state index contributed by atoms with van der Waals surface area (Å²) in [7, 11) is 1.26. The number of carbonyl (C=O) groups is 1. The third-order valence-corrected chi connectivity index (χ3v) is 5.34. The lowest BCUT2D eigenvalue weighted by molar-refractivity contribution is -0.123. The highest BCUT2D eigenvalue weighted by molar-refractivity contribution is 6.08. The van der Waals surface area contributed by atoms with Crippen molar-refractivity contribution in [2.75, 3.05) is 31.7 Å². The van der Waals surface area contributed by atoms with Gasteiger partial charge < -0.3 is 20.1 Å². The molecule has 1 aliphatic heterocycles. The molecule has 30 heavy (non-hydrogen) atoms. The van der Waals surface area contributed by atoms with Gasteiger partial charge in [-0.25, -0.2) is 4.98 Å². The number of pyridine rings is 1. The Morgan fingerprint density at radius 3 is 2.67 bits per heavy atom. The van der Waals surface area contributed by atoms with Crippen LogP contribution in [-0.4, -0.2) is 59.8 Å². The highest BCUT2D eigenvalue weighted by Gasteiger charge is 2.35. The maximum absolute atomic E-state index is 12.7. The number of anilines is 1. The lowest BCUT2D eigenvalue weighted by atomic mass is 9.92. The van der Waals surface area contributed by atoms with E-state index >= 15 is 0 Å². The van der Waals surface area contributed by atoms with E-state index in [9.17, 15) is 18.0 Å². The molecule has 1 amide bonds. The van der Waals surface area contributed by atoms with Gasteiger partial charge in [-0.1, -0.05) is 19.3 Å². The molecule has 2 aromatic rings. The van der Waals surface area contributed by atoms with Crippen molar-refractivity contribution in [3.8, 4) is 6.07 Å². The average Bonchev–Trinajstić information content (AvgIpc) is 3.19. The van der Waals surface area contributed by atoms with Gasteiger partial charge in [-0.2, -0.15) is 18.4 Å². The number of aromatic amines is 1. The average molecular weight is 422 g/mol. The van der Waals surface area contributed by atoms with E-state index in [0.29, 0.717) is 18.3 Å². The Labute approximate surface area is 172 Å². The van der Waals surface area contributed by atoms with Gasteiger partial charge in [-0.3, -0.25) is 4.79 Å². The molecule has 7 nitrogen and oxygen atoms in total. The van der Waals surface area contributed by atoms with Crippen molar-refractivity contribution >= 4 is 22.6 Å². The molecule has 2 aliphatic rings. The Morgan fingerprint density at radius 2 is 2.07 bits per heavy atom. The van der Waals surface area contributed by atoms with Crippen molar-refractivity contribution in [2.24, 2.45) is 0 Å². The SMILES string of the molecule is CNCC(F)(F)F.N#CCN1CN(C2CCCCC2)c2c(cnc3[nH]ccc23)C1=O. The fourth-order valence-corrected chi connectivity index (χ4v) is 4.05. The lowest BCUT2D eigenvalue weighted by Crippen LogP contribution is -2.51. The first-order valence-corrected chi connectivity index (χ1v) is 9.96. The number of hydrogen-bond acceptors (Lipinski definition) is 5. The van der Waals surface area contributed by atoms with E-state index in [1.54, 1.807) is 11.1 Å². The van der Waals surface area contributed by atoms with Gasteiger partial charge in [0.15, 0.2) is 0 Å². The minimum atomic E-state index is -4.06. The largest absolute Gasteiger partial charge is 0.401 e. The van der Waals surface area contributed by atoms with Gasteiger partial charge in [-0.05, 0) is 26.0 Å². The molecular weight excluding hydrogens is 397 g/mol. The Kier molecular flexibility index (Phi) is 6.82. The smallest absolute Gasteiger partial charge is 0.349 e. The van der Waals surface area contributed by atoms with Gasteiger partial charge in [0.25, 0.3) is 5.91 Å². The van der Waals surface area contributed by atoms with Crippen LogP contribution in [0, 0.1) is 11.3 Å². The second-order valence-corrected chi connectivity index (χ2v) is 7.47. The summed E-state index contributed by atoms with van der Waals surface area (Å²) in [5, 5.41) is 12.0. The van der Waals surface area contributed by atoms with E-state index in [1.807, 2.05) is 17.6 Å². The van der Waals surface area contributed by atoms with E-state index in [0.717, 1.165) is 29.6 Å². The molecule has 162 valence electrons. The van der Waals surface area contributed by atoms with Crippen LogP contribution >= 0.6 is 0 Å². The number of halogens is 3. The Bertz CT molecular complexity index is 913. The Hall–Kier alpha value is -2.80. The molecule has 0 bridgehead atoms. The molecule has 1 saturated carbocycles. The predicted octanol–water partition coefficient (Wildman–Crippen LogP) is 3.41. The number of alkyl halides is 3. The summed E-state index contributed by atoms with van der Waals surface area (Å²) < 4.78 is 33.0. The molecule has 4 rings (SSSR count). The second-order valence-electron chi connectivity index (χ2n) is 7.47. The lowest BCUT2D eigenvalue weighted by Gasteiger charge is -2.43. The van der Waals surface area contributed by atoms with Crippen LogP contribution in [0.5, 0.6) is 0 Å². The molecule has 0 saturated heterocycles. The molecule has 0 spiro atoms. The summed E-state index contributed by atoms with van der Waals surface area (Å²) in [6, 6.07) is 4.52. The van der Waals surface area contributed by atoms with Crippen LogP contribution in [0.15, 0.2) is 18.5 Å². The first-order chi connectivity index (χ1) is 14.4. The molecule has 3 heterocycles. The normalized spacial score (nSPS) is 17.4. The molecule has 0 radical (unpaired) electrons. The summed E-state index contributed by atoms with van der Waals surface area (Å²) in [5.74, 6) is -0.0933. The van der Waals surface area contributed by atoms with Gasteiger partial charge >= 0.3 is 6.18 Å². The van der Waals surface area contributed by atoms with Crippen molar-refractivity contribution in [3.05, 3.63) is 24.0 Å². The number of hydrogen-bond donors (Lipinski definition) is 2. The zero-order chi connectivity index (χ0) is 21.7. The Morgan fingerprint density at radius 1 is 1.33 bits per heavy atom. The van der Waals surface area contributed by atoms with Crippen LogP contribution in [0.4, 0.5) is 18.9 Å². The van der Waals surface area contributed by atoms with Crippen LogP contribution in [0.1, 0.15) is 42.5 Å². The molecule has 0 unspecified atom stereocenters. The predicted molar refractivity (Wildman–Crippen MR) is 107 cm³/mol. The number of aromatic nitrogens is 2. The third-order valence-electron chi connectivity index (χ3n) is 5.34. The van der Waals surface area contributed by atoms with Gasteiger partial charge in [-0.15, -0.1) is 0 Å². The Balaban J connectivity index is 0.000000318. The molecule has 2 aromatic heterocycles. The van der Waals surface area contributed by atoms with Crippen LogP contribution < -0.4 is 10.2 Å². The third kappa shape index (κ3) is 4.84. The number of fused-ring (bicyclic) bond motifs is 3. The van der Waals surface area contributed by atoms with E-state index < -0.39 is 12.7 Å². The number of amides is 1. The van der Waals surface area contributed by atoms with Gasteiger partial charge in [0.1, 0.15) is 12.2 Å². The molecule has 1 fully saturated rings.